The molecule has 6 heteroatoms. The van der Waals surface area contributed by atoms with Crippen LogP contribution in [-0.4, -0.2) is 10.6 Å². The number of amides is 1. The lowest BCUT2D eigenvalue weighted by molar-refractivity contribution is -0.113. The first kappa shape index (κ1) is 17.2. The third-order valence-corrected chi connectivity index (χ3v) is 3.89. The number of hydrogen-bond donors (Lipinski definition) is 1. The van der Waals surface area contributed by atoms with E-state index in [1.807, 2.05) is 32.0 Å². The van der Waals surface area contributed by atoms with Crippen molar-refractivity contribution in [2.45, 2.75) is 13.8 Å². The van der Waals surface area contributed by atoms with Crippen LogP contribution >= 0.6 is 0 Å². The van der Waals surface area contributed by atoms with Crippen LogP contribution in [0.25, 0.3) is 17.4 Å². The Morgan fingerprint density at radius 3 is 2.38 bits per heavy atom. The molecular weight excluding hydrogens is 333 g/mol. The third kappa shape index (κ3) is 3.57. The number of carbonyl (C=O) groups excluding carboxylic acids is 1. The predicted molar refractivity (Wildman–Crippen MR) is 96.0 cm³/mol. The van der Waals surface area contributed by atoms with Gasteiger partial charge in [0.25, 0.3) is 5.91 Å². The Labute approximate surface area is 149 Å². The molecule has 1 aromatic carbocycles. The number of furan rings is 1. The normalized spacial score (nSPS) is 11.2. The van der Waals surface area contributed by atoms with Crippen LogP contribution in [0.2, 0.25) is 0 Å². The quantitative estimate of drug-likeness (QED) is 0.567. The van der Waals surface area contributed by atoms with Gasteiger partial charge in [0, 0.05) is 23.0 Å². The van der Waals surface area contributed by atoms with Gasteiger partial charge in [0.05, 0.1) is 0 Å². The van der Waals surface area contributed by atoms with E-state index in [2.05, 4.69) is 5.43 Å². The van der Waals surface area contributed by atoms with E-state index in [9.17, 15) is 14.4 Å². The van der Waals surface area contributed by atoms with Gasteiger partial charge in [0.15, 0.2) is 0 Å². The highest BCUT2D eigenvalue weighted by Crippen LogP contribution is 2.23. The largest absolute Gasteiger partial charge is 0.457 e. The van der Waals surface area contributed by atoms with Crippen LogP contribution in [0.5, 0.6) is 0 Å². The Kier molecular flexibility index (Phi) is 4.72. The summed E-state index contributed by atoms with van der Waals surface area (Å²) in [6.45, 7) is 3.70. The Hall–Kier alpha value is -3.59. The van der Waals surface area contributed by atoms with Crippen molar-refractivity contribution in [3.05, 3.63) is 77.1 Å². The minimum absolute atomic E-state index is 0.0856. The molecule has 3 rings (SSSR count). The third-order valence-electron chi connectivity index (χ3n) is 3.89. The van der Waals surface area contributed by atoms with Crippen molar-refractivity contribution in [1.29, 1.82) is 5.26 Å². The summed E-state index contributed by atoms with van der Waals surface area (Å²) >= 11 is 0. The van der Waals surface area contributed by atoms with Crippen LogP contribution in [0.4, 0.5) is 4.39 Å². The zero-order valence-corrected chi connectivity index (χ0v) is 14.3. The molecule has 1 amide bonds. The summed E-state index contributed by atoms with van der Waals surface area (Å²) in [6.07, 6.45) is 1.37. The highest BCUT2D eigenvalue weighted by molar-refractivity contribution is 6.06. The first-order chi connectivity index (χ1) is 12.5. The second kappa shape index (κ2) is 7.11. The van der Waals surface area contributed by atoms with Crippen LogP contribution < -0.4 is 5.43 Å². The van der Waals surface area contributed by atoms with Gasteiger partial charge < -0.3 is 4.42 Å². The van der Waals surface area contributed by atoms with Crippen LogP contribution in [0.15, 0.2) is 58.5 Å². The van der Waals surface area contributed by atoms with E-state index in [0.717, 1.165) is 11.4 Å². The Bertz CT molecular complexity index is 1000. The second-order valence-corrected chi connectivity index (χ2v) is 5.77. The number of nitrogens with zero attached hydrogens (tertiary/aromatic N) is 2. The van der Waals surface area contributed by atoms with E-state index in [-0.39, 0.29) is 11.4 Å². The Morgan fingerprint density at radius 2 is 1.77 bits per heavy atom. The molecule has 26 heavy (non-hydrogen) atoms. The first-order valence-corrected chi connectivity index (χ1v) is 7.92. The van der Waals surface area contributed by atoms with E-state index in [4.69, 9.17) is 4.42 Å². The fourth-order valence-corrected chi connectivity index (χ4v) is 2.50. The number of nitriles is 1. The van der Waals surface area contributed by atoms with E-state index in [1.54, 1.807) is 28.9 Å². The molecule has 1 N–H and O–H groups in total. The maximum Gasteiger partial charge on any atom is 0.280 e. The number of hydrogen-bond acceptors (Lipinski definition) is 3. The summed E-state index contributed by atoms with van der Waals surface area (Å²) in [4.78, 5) is 12.4. The van der Waals surface area contributed by atoms with Crippen molar-refractivity contribution in [1.82, 2.24) is 4.68 Å². The van der Waals surface area contributed by atoms with Crippen molar-refractivity contribution < 1.29 is 13.6 Å². The summed E-state index contributed by atoms with van der Waals surface area (Å²) in [5.74, 6) is 0.0112. The Balaban J connectivity index is 1.82. The monoisotopic (exact) mass is 349 g/mol. The number of rotatable bonds is 4. The molecule has 2 heterocycles. The van der Waals surface area contributed by atoms with Gasteiger partial charge in [0.2, 0.25) is 0 Å². The van der Waals surface area contributed by atoms with Crippen molar-refractivity contribution in [2.24, 2.45) is 0 Å². The molecule has 3 aromatic rings. The van der Waals surface area contributed by atoms with Gasteiger partial charge >= 0.3 is 0 Å². The fourth-order valence-electron chi connectivity index (χ4n) is 2.50. The lowest BCUT2D eigenvalue weighted by Crippen LogP contribution is -2.25. The maximum absolute atomic E-state index is 13.0. The molecule has 0 aliphatic rings. The maximum atomic E-state index is 13.0. The molecule has 0 aliphatic carbocycles. The van der Waals surface area contributed by atoms with Gasteiger partial charge in [-0.15, -0.1) is 0 Å². The number of aromatic nitrogens is 1. The molecule has 2 aromatic heterocycles. The van der Waals surface area contributed by atoms with Gasteiger partial charge in [-0.25, -0.2) is 4.39 Å². The van der Waals surface area contributed by atoms with E-state index >= 15 is 0 Å². The molecule has 5 nitrogen and oxygen atoms in total. The smallest absolute Gasteiger partial charge is 0.280 e. The van der Waals surface area contributed by atoms with Gasteiger partial charge in [-0.3, -0.25) is 14.9 Å². The van der Waals surface area contributed by atoms with Crippen LogP contribution in [0.3, 0.4) is 0 Å². The highest BCUT2D eigenvalue weighted by atomic mass is 19.1. The summed E-state index contributed by atoms with van der Waals surface area (Å²) in [6, 6.07) is 14.8. The summed E-state index contributed by atoms with van der Waals surface area (Å²) < 4.78 is 20.3. The van der Waals surface area contributed by atoms with Gasteiger partial charge in [0.1, 0.15) is 29.0 Å². The zero-order chi connectivity index (χ0) is 18.7. The van der Waals surface area contributed by atoms with Crippen molar-refractivity contribution in [2.75, 3.05) is 5.43 Å². The molecule has 0 radical (unpaired) electrons. The average molecular weight is 349 g/mol. The standard InChI is InChI=1S/C20H16FN3O2/c1-13-3-4-14(2)24(13)23-20(25)16(12-22)11-18-9-10-19(26-18)15-5-7-17(21)8-6-15/h3-11H,1-2H3,(H,23,25)/b16-11-. The number of halogens is 1. The van der Waals surface area contributed by atoms with Crippen LogP contribution in [-0.2, 0) is 4.79 Å². The minimum atomic E-state index is -0.533. The summed E-state index contributed by atoms with van der Waals surface area (Å²) in [5, 5.41) is 9.31. The summed E-state index contributed by atoms with van der Waals surface area (Å²) in [5.41, 5.74) is 5.00. The van der Waals surface area contributed by atoms with E-state index in [1.165, 1.54) is 18.2 Å². The molecule has 0 fully saturated rings. The van der Waals surface area contributed by atoms with Gasteiger partial charge in [-0.2, -0.15) is 5.26 Å². The SMILES string of the molecule is Cc1ccc(C)n1NC(=O)/C(C#N)=C\c1ccc(-c2ccc(F)cc2)o1. The van der Waals surface area contributed by atoms with Crippen LogP contribution in [0, 0.1) is 31.0 Å². The summed E-state index contributed by atoms with van der Waals surface area (Å²) in [7, 11) is 0. The minimum Gasteiger partial charge on any atom is -0.457 e. The topological polar surface area (TPSA) is 71.0 Å². The predicted octanol–water partition coefficient (Wildman–Crippen LogP) is 4.18. The van der Waals surface area contributed by atoms with Crippen LogP contribution in [0.1, 0.15) is 17.1 Å². The van der Waals surface area contributed by atoms with Gasteiger partial charge in [-0.05, 0) is 62.4 Å². The molecule has 0 atom stereocenters. The number of carbonyl (C=O) groups is 1. The second-order valence-electron chi connectivity index (χ2n) is 5.77. The molecular formula is C20H16FN3O2. The number of benzene rings is 1. The fraction of sp³-hybridized carbons (Fsp3) is 0.100. The van der Waals surface area contributed by atoms with Crippen molar-refractivity contribution in [3.8, 4) is 17.4 Å². The number of nitrogens with one attached hydrogen (secondary N) is 1. The van der Waals surface area contributed by atoms with Crippen molar-refractivity contribution in [3.63, 3.8) is 0 Å². The molecule has 130 valence electrons. The molecule has 0 saturated heterocycles. The Morgan fingerprint density at radius 1 is 1.12 bits per heavy atom. The zero-order valence-electron chi connectivity index (χ0n) is 14.3. The average Bonchev–Trinajstić information content (AvgIpc) is 3.22. The van der Waals surface area contributed by atoms with Gasteiger partial charge in [-0.1, -0.05) is 0 Å². The van der Waals surface area contributed by atoms with Crippen molar-refractivity contribution >= 4 is 12.0 Å². The molecule has 0 spiro atoms. The lowest BCUT2D eigenvalue weighted by atomic mass is 10.2. The van der Waals surface area contributed by atoms with E-state index in [0.29, 0.717) is 17.1 Å². The molecule has 0 saturated carbocycles. The molecule has 0 aliphatic heterocycles. The lowest BCUT2D eigenvalue weighted by Gasteiger charge is -2.10. The highest BCUT2D eigenvalue weighted by Gasteiger charge is 2.13. The van der Waals surface area contributed by atoms with E-state index < -0.39 is 5.91 Å². The molecule has 0 unspecified atom stereocenters. The molecule has 0 bridgehead atoms. The number of aryl methyl sites for hydroxylation is 2. The first-order valence-electron chi connectivity index (χ1n) is 7.92.